The van der Waals surface area contributed by atoms with Crippen LogP contribution in [0, 0.1) is 87.3 Å². The topological polar surface area (TPSA) is 0 Å². The lowest BCUT2D eigenvalue weighted by molar-refractivity contribution is 0.380. The van der Waals surface area contributed by atoms with Gasteiger partial charge >= 0.3 is 0 Å². The van der Waals surface area contributed by atoms with Gasteiger partial charge in [0.05, 0.1) is 0 Å². The molecule has 0 radical (unpaired) electrons. The Balaban J connectivity index is 1.69. The van der Waals surface area contributed by atoms with Crippen LogP contribution in [0.2, 0.25) is 0 Å². The summed E-state index contributed by atoms with van der Waals surface area (Å²) < 4.78 is 232. The van der Waals surface area contributed by atoms with Crippen molar-refractivity contribution in [3.05, 3.63) is 139 Å². The number of benzene rings is 3. The van der Waals surface area contributed by atoms with E-state index in [-0.39, 0.29) is 48.8 Å². The van der Waals surface area contributed by atoms with Crippen LogP contribution in [0.15, 0.2) is 18.2 Å². The first-order valence-electron chi connectivity index (χ1n) is 16.8. The maximum absolute atomic E-state index is 16.3. The molecule has 0 unspecified atom stereocenters. The first kappa shape index (κ1) is 37.7. The van der Waals surface area contributed by atoms with Crippen molar-refractivity contribution in [1.29, 1.82) is 0 Å². The molecule has 0 amide bonds. The van der Waals surface area contributed by atoms with Crippen LogP contribution in [-0.2, 0) is 38.5 Å². The number of hydrogen-bond acceptors (Lipinski definition) is 0. The lowest BCUT2D eigenvalue weighted by Gasteiger charge is -2.48. The molecule has 0 N–H and O–H groups in total. The van der Waals surface area contributed by atoms with E-state index >= 15 is 52.7 Å². The Labute approximate surface area is 296 Å². The smallest absolute Gasteiger partial charge is 0.200 e. The third kappa shape index (κ3) is 5.25. The van der Waals surface area contributed by atoms with Crippen LogP contribution >= 0.6 is 0 Å². The summed E-state index contributed by atoms with van der Waals surface area (Å²) >= 11 is 0. The third-order valence-corrected chi connectivity index (χ3v) is 11.1. The van der Waals surface area contributed by atoms with Crippen LogP contribution < -0.4 is 21.9 Å². The van der Waals surface area contributed by atoms with E-state index in [1.54, 1.807) is 0 Å². The molecule has 0 aliphatic heterocycles. The van der Waals surface area contributed by atoms with Gasteiger partial charge in [-0.1, -0.05) is 64.2 Å². The van der Waals surface area contributed by atoms with E-state index in [4.69, 9.17) is 0 Å². The van der Waals surface area contributed by atoms with Gasteiger partial charge in [0, 0.05) is 0 Å². The van der Waals surface area contributed by atoms with Gasteiger partial charge in [-0.2, -0.15) is 33.9 Å². The summed E-state index contributed by atoms with van der Waals surface area (Å²) in [6.45, 7) is 0. The van der Waals surface area contributed by atoms with Gasteiger partial charge < -0.3 is 5.46 Å². The van der Waals surface area contributed by atoms with Gasteiger partial charge in [-0.15, -0.1) is 16.4 Å². The summed E-state index contributed by atoms with van der Waals surface area (Å²) in [7, 11) is 0. The summed E-state index contributed by atoms with van der Waals surface area (Å²) in [6, 6.07) is 4.54. The second kappa shape index (κ2) is 13.6. The molecule has 5 aromatic carbocycles. The second-order valence-electron chi connectivity index (χ2n) is 13.7. The number of halogens is 15. The van der Waals surface area contributed by atoms with Crippen LogP contribution in [0.1, 0.15) is 59.1 Å². The fourth-order valence-electron chi connectivity index (χ4n) is 8.74. The number of aryl methyl sites for hydroxylation is 3. The highest BCUT2D eigenvalue weighted by Gasteiger charge is 2.48. The molecule has 0 bridgehead atoms. The molecule has 0 atom stereocenters. The first-order valence-corrected chi connectivity index (χ1v) is 16.8. The van der Waals surface area contributed by atoms with Gasteiger partial charge in [0.1, 0.15) is 41.0 Å². The molecule has 0 spiro atoms. The number of rotatable bonds is 7. The molecule has 0 saturated heterocycles. The van der Waals surface area contributed by atoms with Crippen molar-refractivity contribution in [3.8, 4) is 0 Å². The average molecular weight is 775 g/mol. The monoisotopic (exact) mass is 775 g/mol. The molecule has 0 nitrogen and oxygen atoms in total. The predicted molar refractivity (Wildman–Crippen MR) is 168 cm³/mol. The lowest BCUT2D eigenvalue weighted by Crippen LogP contribution is -2.80. The van der Waals surface area contributed by atoms with Crippen molar-refractivity contribution in [3.63, 3.8) is 0 Å². The van der Waals surface area contributed by atoms with Crippen molar-refractivity contribution in [1.82, 2.24) is 0 Å². The summed E-state index contributed by atoms with van der Waals surface area (Å²) in [4.78, 5) is 0. The Morgan fingerprint density at radius 3 is 1.30 bits per heavy atom. The normalized spacial score (nSPS) is 14.5. The van der Waals surface area contributed by atoms with Crippen molar-refractivity contribution in [2.24, 2.45) is 0 Å². The quantitative estimate of drug-likeness (QED) is 0.0516. The van der Waals surface area contributed by atoms with Crippen LogP contribution in [0.4, 0.5) is 65.9 Å². The van der Waals surface area contributed by atoms with Gasteiger partial charge in [-0.3, -0.25) is 0 Å². The zero-order valence-electron chi connectivity index (χ0n) is 27.5. The van der Waals surface area contributed by atoms with Crippen molar-refractivity contribution in [2.45, 2.75) is 64.2 Å². The average Bonchev–Trinajstić information content (AvgIpc) is 3.76. The van der Waals surface area contributed by atoms with Gasteiger partial charge in [0.15, 0.2) is 52.4 Å². The Morgan fingerprint density at radius 1 is 0.463 bits per heavy atom. The molecular weight excluding hydrogens is 752 g/mol. The van der Waals surface area contributed by atoms with Crippen LogP contribution in [0.3, 0.4) is 0 Å². The highest BCUT2D eigenvalue weighted by atomic mass is 19.2. The fraction of sp³-hybridized carbons (Fsp3) is 0.263. The minimum absolute atomic E-state index is 0.0290. The molecule has 0 heterocycles. The molecule has 16 heteroatoms. The standard InChI is InChI=1S/C38H23BF15/c40-24-21(25(41)31(47)36(52)30(24)46)39(22-26(42)32(48)37(53)33(49)27(22)43,23-28(44)34(50)38(54)35(51)29(23)45)20-13-16(18-7-3-4-8-19(18)20)12-11-15-10-9-14-5-1-2-6-17(14)15/h9-10,13H,1-8,11-12H2/q-3. The van der Waals surface area contributed by atoms with Gasteiger partial charge in [-0.05, 0) is 0 Å². The zero-order chi connectivity index (χ0) is 39.1. The third-order valence-electron chi connectivity index (χ3n) is 11.1. The highest BCUT2D eigenvalue weighted by Crippen LogP contribution is 2.34. The van der Waals surface area contributed by atoms with E-state index in [1.807, 2.05) is 12.1 Å². The summed E-state index contributed by atoms with van der Waals surface area (Å²) in [6.07, 6.45) is -2.17. The van der Waals surface area contributed by atoms with Crippen LogP contribution in [0.25, 0.3) is 0 Å². The predicted octanol–water partition coefficient (Wildman–Crippen LogP) is 8.13. The highest BCUT2D eigenvalue weighted by molar-refractivity contribution is 7.20. The minimum atomic E-state index is -5.80. The Morgan fingerprint density at radius 2 is 0.852 bits per heavy atom. The van der Waals surface area contributed by atoms with Crippen molar-refractivity contribution >= 4 is 28.0 Å². The SMILES string of the molecule is Fc1c(F)c(F)c([B-](c2[cH-]c(CCc3cc[c-]4c3CCCC4)c3c2CCCC3)(c2c(F)c(F)c(F)c(F)c2F)c2c(F)c(F)c(F)c(F)c2F)c(F)c1F. The van der Waals surface area contributed by atoms with Crippen molar-refractivity contribution in [2.75, 3.05) is 0 Å². The summed E-state index contributed by atoms with van der Waals surface area (Å²) in [5.74, 6) is -44.8. The molecular formula is C38H23BF15-3. The van der Waals surface area contributed by atoms with Gasteiger partial charge in [0.2, 0.25) is 0 Å². The molecule has 7 rings (SSSR count). The molecule has 0 saturated carbocycles. The van der Waals surface area contributed by atoms with E-state index in [0.717, 1.165) is 48.4 Å². The molecule has 2 aliphatic rings. The van der Waals surface area contributed by atoms with E-state index in [0.29, 0.717) is 6.42 Å². The largest absolute Gasteiger partial charge is 0.315 e. The van der Waals surface area contributed by atoms with E-state index in [1.165, 1.54) is 0 Å². The Hall–Kier alpha value is -4.63. The minimum Gasteiger partial charge on any atom is -0.315 e. The first-order chi connectivity index (χ1) is 25.6. The number of fused-ring (bicyclic) bond motifs is 2. The summed E-state index contributed by atoms with van der Waals surface area (Å²) in [5, 5.41) is 0. The second-order valence-corrected chi connectivity index (χ2v) is 13.7. The van der Waals surface area contributed by atoms with Gasteiger partial charge in [0.25, 0.3) is 0 Å². The molecule has 0 aromatic heterocycles. The molecule has 54 heavy (non-hydrogen) atoms. The maximum atomic E-state index is 16.3. The van der Waals surface area contributed by atoms with E-state index < -0.39 is 115 Å². The molecule has 286 valence electrons. The van der Waals surface area contributed by atoms with Crippen LogP contribution in [-0.4, -0.2) is 6.15 Å². The van der Waals surface area contributed by atoms with E-state index in [9.17, 15) is 13.2 Å². The zero-order valence-corrected chi connectivity index (χ0v) is 27.5. The maximum Gasteiger partial charge on any atom is 0.200 e. The Bertz CT molecular complexity index is 2110. The molecule has 5 aromatic rings. The van der Waals surface area contributed by atoms with Crippen LogP contribution in [0.5, 0.6) is 0 Å². The Kier molecular flexibility index (Phi) is 9.48. The van der Waals surface area contributed by atoms with Crippen molar-refractivity contribution < 1.29 is 65.9 Å². The molecule has 2 aliphatic carbocycles. The molecule has 0 fully saturated rings. The van der Waals surface area contributed by atoms with Gasteiger partial charge in [-0.25, -0.2) is 83.6 Å². The summed E-state index contributed by atoms with van der Waals surface area (Å²) in [5.41, 5.74) is -6.00. The number of hydrogen-bond donors (Lipinski definition) is 0. The van der Waals surface area contributed by atoms with E-state index in [2.05, 4.69) is 0 Å². The lowest BCUT2D eigenvalue weighted by atomic mass is 9.12. The fourth-order valence-corrected chi connectivity index (χ4v) is 8.74.